The highest BCUT2D eigenvalue weighted by Crippen LogP contribution is 2.09. The van der Waals surface area contributed by atoms with E-state index in [1.54, 1.807) is 13.4 Å². The smallest absolute Gasteiger partial charge is 0.138 e. The average molecular weight is 262 g/mol. The molecule has 1 aromatic heterocycles. The van der Waals surface area contributed by atoms with Gasteiger partial charge in [-0.25, -0.2) is 4.98 Å². The summed E-state index contributed by atoms with van der Waals surface area (Å²) in [7, 11) is 1.71. The first-order valence-electron chi connectivity index (χ1n) is 4.77. The van der Waals surface area contributed by atoms with Crippen LogP contribution in [0.3, 0.4) is 0 Å². The van der Waals surface area contributed by atoms with Crippen molar-refractivity contribution in [3.8, 4) is 0 Å². The van der Waals surface area contributed by atoms with Gasteiger partial charge in [0.25, 0.3) is 0 Å². The monoisotopic (exact) mass is 261 g/mol. The minimum Gasteiger partial charge on any atom is -0.384 e. The molecule has 0 radical (unpaired) electrons. The van der Waals surface area contributed by atoms with Crippen molar-refractivity contribution in [1.82, 2.24) is 14.8 Å². The van der Waals surface area contributed by atoms with Crippen LogP contribution in [0.15, 0.2) is 6.33 Å². The molecule has 1 unspecified atom stereocenters. The summed E-state index contributed by atoms with van der Waals surface area (Å²) >= 11 is 3.55. The Kier molecular flexibility index (Phi) is 5.11. The number of ether oxygens (including phenoxy) is 1. The van der Waals surface area contributed by atoms with E-state index >= 15 is 0 Å². The predicted molar refractivity (Wildman–Crippen MR) is 58.6 cm³/mol. The summed E-state index contributed by atoms with van der Waals surface area (Å²) < 4.78 is 6.96. The normalized spacial score (nSPS) is 13.1. The Balaban J connectivity index is 2.37. The first-order valence-corrected chi connectivity index (χ1v) is 5.69. The molecule has 0 spiro atoms. The molecule has 14 heavy (non-hydrogen) atoms. The van der Waals surface area contributed by atoms with Gasteiger partial charge in [-0.2, -0.15) is 5.10 Å². The van der Waals surface area contributed by atoms with Crippen LogP contribution in [0.5, 0.6) is 0 Å². The molecular weight excluding hydrogens is 246 g/mol. The van der Waals surface area contributed by atoms with Gasteiger partial charge in [0, 0.05) is 24.9 Å². The SMILES string of the molecule is CCn1ncnc1CCC(Br)COC. The molecule has 1 aromatic rings. The van der Waals surface area contributed by atoms with Crippen LogP contribution >= 0.6 is 15.9 Å². The van der Waals surface area contributed by atoms with Crippen LogP contribution in [0.2, 0.25) is 0 Å². The van der Waals surface area contributed by atoms with Gasteiger partial charge in [-0.3, -0.25) is 4.68 Å². The highest BCUT2D eigenvalue weighted by Gasteiger charge is 2.07. The molecule has 0 aliphatic heterocycles. The van der Waals surface area contributed by atoms with Crippen molar-refractivity contribution in [3.05, 3.63) is 12.2 Å². The third-order valence-electron chi connectivity index (χ3n) is 2.02. The van der Waals surface area contributed by atoms with Crippen molar-refractivity contribution in [2.24, 2.45) is 0 Å². The number of rotatable bonds is 6. The van der Waals surface area contributed by atoms with E-state index in [1.165, 1.54) is 0 Å². The lowest BCUT2D eigenvalue weighted by molar-refractivity contribution is 0.198. The number of aromatic nitrogens is 3. The number of alkyl halides is 1. The zero-order chi connectivity index (χ0) is 10.4. The Morgan fingerprint density at radius 3 is 3.07 bits per heavy atom. The Hall–Kier alpha value is -0.420. The lowest BCUT2D eigenvalue weighted by Crippen LogP contribution is -2.11. The summed E-state index contributed by atoms with van der Waals surface area (Å²) in [6.45, 7) is 3.69. The van der Waals surface area contributed by atoms with Gasteiger partial charge in [-0.1, -0.05) is 15.9 Å². The summed E-state index contributed by atoms with van der Waals surface area (Å²) in [4.78, 5) is 4.61. The van der Waals surface area contributed by atoms with Gasteiger partial charge < -0.3 is 4.74 Å². The summed E-state index contributed by atoms with van der Waals surface area (Å²) in [6, 6.07) is 0. The average Bonchev–Trinajstić information content (AvgIpc) is 2.62. The van der Waals surface area contributed by atoms with E-state index < -0.39 is 0 Å². The molecule has 0 saturated carbocycles. The molecule has 0 aliphatic carbocycles. The van der Waals surface area contributed by atoms with Crippen LogP contribution in [0.25, 0.3) is 0 Å². The van der Waals surface area contributed by atoms with E-state index in [4.69, 9.17) is 4.74 Å². The van der Waals surface area contributed by atoms with Crippen molar-refractivity contribution < 1.29 is 4.74 Å². The van der Waals surface area contributed by atoms with E-state index in [2.05, 4.69) is 32.9 Å². The topological polar surface area (TPSA) is 39.9 Å². The van der Waals surface area contributed by atoms with Crippen LogP contribution < -0.4 is 0 Å². The fourth-order valence-electron chi connectivity index (χ4n) is 1.30. The van der Waals surface area contributed by atoms with Gasteiger partial charge in [0.1, 0.15) is 12.2 Å². The molecule has 5 heteroatoms. The maximum Gasteiger partial charge on any atom is 0.138 e. The number of methoxy groups -OCH3 is 1. The Morgan fingerprint density at radius 1 is 1.64 bits per heavy atom. The molecule has 1 rings (SSSR count). The molecule has 0 fully saturated rings. The third-order valence-corrected chi connectivity index (χ3v) is 2.75. The van der Waals surface area contributed by atoms with Gasteiger partial charge in [-0.05, 0) is 13.3 Å². The van der Waals surface area contributed by atoms with E-state index in [1.807, 2.05) is 4.68 Å². The highest BCUT2D eigenvalue weighted by atomic mass is 79.9. The molecule has 0 amide bonds. The maximum atomic E-state index is 5.04. The second-order valence-corrected chi connectivity index (χ2v) is 4.38. The van der Waals surface area contributed by atoms with Gasteiger partial charge in [0.2, 0.25) is 0 Å². The number of aryl methyl sites for hydroxylation is 2. The number of nitrogens with zero attached hydrogens (tertiary/aromatic N) is 3. The molecule has 0 aromatic carbocycles. The molecular formula is C9H16BrN3O. The predicted octanol–water partition coefficient (Wildman–Crippen LogP) is 1.64. The van der Waals surface area contributed by atoms with Crippen LogP contribution in [-0.2, 0) is 17.7 Å². The zero-order valence-corrected chi connectivity index (χ0v) is 10.2. The molecule has 80 valence electrons. The van der Waals surface area contributed by atoms with Gasteiger partial charge in [0.15, 0.2) is 0 Å². The van der Waals surface area contributed by atoms with Crippen LogP contribution in [0, 0.1) is 0 Å². The van der Waals surface area contributed by atoms with Crippen molar-refractivity contribution in [2.45, 2.75) is 31.1 Å². The van der Waals surface area contributed by atoms with Gasteiger partial charge in [-0.15, -0.1) is 0 Å². The molecule has 0 aliphatic rings. The zero-order valence-electron chi connectivity index (χ0n) is 8.61. The number of hydrogen-bond acceptors (Lipinski definition) is 3. The van der Waals surface area contributed by atoms with Crippen molar-refractivity contribution in [1.29, 1.82) is 0 Å². The number of hydrogen-bond donors (Lipinski definition) is 0. The van der Waals surface area contributed by atoms with Crippen LogP contribution in [0.4, 0.5) is 0 Å². The minimum atomic E-state index is 0.398. The lowest BCUT2D eigenvalue weighted by Gasteiger charge is -2.08. The third kappa shape index (κ3) is 3.38. The summed E-state index contributed by atoms with van der Waals surface area (Å²) in [5.74, 6) is 1.05. The van der Waals surface area contributed by atoms with E-state index in [9.17, 15) is 0 Å². The first-order chi connectivity index (χ1) is 6.77. The fourth-order valence-corrected chi connectivity index (χ4v) is 1.79. The van der Waals surface area contributed by atoms with Crippen molar-refractivity contribution >= 4 is 15.9 Å². The Labute approximate surface area is 92.8 Å². The van der Waals surface area contributed by atoms with Gasteiger partial charge >= 0.3 is 0 Å². The van der Waals surface area contributed by atoms with Crippen LogP contribution in [0.1, 0.15) is 19.2 Å². The lowest BCUT2D eigenvalue weighted by atomic mass is 10.2. The summed E-state index contributed by atoms with van der Waals surface area (Å²) in [6.07, 6.45) is 3.57. The maximum absolute atomic E-state index is 5.04. The summed E-state index contributed by atoms with van der Waals surface area (Å²) in [5, 5.41) is 4.12. The highest BCUT2D eigenvalue weighted by molar-refractivity contribution is 9.09. The molecule has 4 nitrogen and oxygen atoms in total. The largest absolute Gasteiger partial charge is 0.384 e. The van der Waals surface area contributed by atoms with E-state index in [-0.39, 0.29) is 0 Å². The van der Waals surface area contributed by atoms with Crippen LogP contribution in [-0.4, -0.2) is 33.3 Å². The second kappa shape index (κ2) is 6.14. The Bertz CT molecular complexity index is 264. The molecule has 0 N–H and O–H groups in total. The Morgan fingerprint density at radius 2 is 2.43 bits per heavy atom. The van der Waals surface area contributed by atoms with Crippen molar-refractivity contribution in [2.75, 3.05) is 13.7 Å². The number of halogens is 1. The van der Waals surface area contributed by atoms with E-state index in [0.29, 0.717) is 4.83 Å². The van der Waals surface area contributed by atoms with Crippen molar-refractivity contribution in [3.63, 3.8) is 0 Å². The van der Waals surface area contributed by atoms with E-state index in [0.717, 1.165) is 31.8 Å². The quantitative estimate of drug-likeness (QED) is 0.732. The molecule has 0 bridgehead atoms. The van der Waals surface area contributed by atoms with Gasteiger partial charge in [0.05, 0.1) is 6.61 Å². The standard InChI is InChI=1S/C9H16BrN3O/c1-3-13-9(11-7-12-13)5-4-8(10)6-14-2/h7-8H,3-6H2,1-2H3. The first kappa shape index (κ1) is 11.7. The summed E-state index contributed by atoms with van der Waals surface area (Å²) in [5.41, 5.74) is 0. The second-order valence-electron chi connectivity index (χ2n) is 3.08. The molecule has 0 saturated heterocycles. The molecule has 1 heterocycles. The molecule has 1 atom stereocenters. The fraction of sp³-hybridized carbons (Fsp3) is 0.778. The minimum absolute atomic E-state index is 0.398.